The molecule has 5 nitrogen and oxygen atoms in total. The summed E-state index contributed by atoms with van der Waals surface area (Å²) in [6.45, 7) is 0. The molecule has 0 aliphatic heterocycles. The van der Waals surface area contributed by atoms with Crippen LogP contribution in [-0.4, -0.2) is 19.2 Å². The molecule has 2 aromatic carbocycles. The summed E-state index contributed by atoms with van der Waals surface area (Å²) in [5, 5.41) is 3.79. The summed E-state index contributed by atoms with van der Waals surface area (Å²) in [6, 6.07) is 14.4. The topological polar surface area (TPSA) is 63.8 Å². The van der Waals surface area contributed by atoms with E-state index in [1.54, 1.807) is 30.3 Å². The van der Waals surface area contributed by atoms with Crippen LogP contribution in [0.2, 0.25) is 0 Å². The predicted octanol–water partition coefficient (Wildman–Crippen LogP) is 4.74. The van der Waals surface area contributed by atoms with E-state index in [9.17, 15) is 18.0 Å². The fourth-order valence-corrected chi connectivity index (χ4v) is 2.39. The summed E-state index contributed by atoms with van der Waals surface area (Å²) in [4.78, 5) is 12.0. The Morgan fingerprint density at radius 1 is 1.11 bits per heavy atom. The molecule has 0 spiro atoms. The number of carbonyl (C=O) groups is 1. The molecule has 1 N–H and O–H groups in total. The Balaban J connectivity index is 1.66. The number of furan rings is 1. The summed E-state index contributed by atoms with van der Waals surface area (Å²) in [5.74, 6) is 0.734. The summed E-state index contributed by atoms with van der Waals surface area (Å²) in [7, 11) is 1.52. The Labute approximate surface area is 158 Å². The summed E-state index contributed by atoms with van der Waals surface area (Å²) < 4.78 is 48.9. The van der Waals surface area contributed by atoms with Crippen LogP contribution in [0.1, 0.15) is 21.7 Å². The molecular formula is C20H15F3N2O3. The third kappa shape index (κ3) is 4.59. The molecular weight excluding hydrogens is 373 g/mol. The summed E-state index contributed by atoms with van der Waals surface area (Å²) in [5.41, 5.74) is 2.26. The van der Waals surface area contributed by atoms with E-state index in [0.717, 1.165) is 12.1 Å². The van der Waals surface area contributed by atoms with Crippen molar-refractivity contribution in [1.82, 2.24) is 5.43 Å². The number of hydrogen-bond donors (Lipinski definition) is 1. The lowest BCUT2D eigenvalue weighted by atomic mass is 10.1. The molecule has 8 heteroatoms. The van der Waals surface area contributed by atoms with Crippen molar-refractivity contribution in [2.45, 2.75) is 6.18 Å². The standard InChI is InChI=1S/C20H15F3N2O3/c1-27-16-7-5-13(6-8-16)19(26)25-24-12-17-9-10-18(28-17)14-3-2-4-15(11-14)20(21,22)23/h2-12H,1H3,(H,25,26)/b24-12+. The third-order valence-corrected chi connectivity index (χ3v) is 3.81. The van der Waals surface area contributed by atoms with E-state index < -0.39 is 17.6 Å². The highest BCUT2D eigenvalue weighted by atomic mass is 19.4. The molecule has 1 amide bonds. The van der Waals surface area contributed by atoms with Crippen LogP contribution < -0.4 is 10.2 Å². The molecule has 0 unspecified atom stereocenters. The maximum Gasteiger partial charge on any atom is 0.416 e. The Hall–Kier alpha value is -3.55. The van der Waals surface area contributed by atoms with Gasteiger partial charge in [-0.2, -0.15) is 18.3 Å². The number of alkyl halides is 3. The highest BCUT2D eigenvalue weighted by Gasteiger charge is 2.30. The number of nitrogens with zero attached hydrogens (tertiary/aromatic N) is 1. The second-order valence-corrected chi connectivity index (χ2v) is 5.71. The first kappa shape index (κ1) is 19.2. The summed E-state index contributed by atoms with van der Waals surface area (Å²) >= 11 is 0. The third-order valence-electron chi connectivity index (χ3n) is 3.81. The summed E-state index contributed by atoms with van der Waals surface area (Å²) in [6.07, 6.45) is -3.17. The van der Waals surface area contributed by atoms with Crippen LogP contribution in [0.15, 0.2) is 70.2 Å². The van der Waals surface area contributed by atoms with Gasteiger partial charge >= 0.3 is 6.18 Å². The van der Waals surface area contributed by atoms with Crippen LogP contribution in [0.4, 0.5) is 13.2 Å². The zero-order valence-electron chi connectivity index (χ0n) is 14.7. The Morgan fingerprint density at radius 3 is 2.54 bits per heavy atom. The van der Waals surface area contributed by atoms with Gasteiger partial charge in [0.15, 0.2) is 0 Å². The number of carbonyl (C=O) groups excluding carboxylic acids is 1. The first-order chi connectivity index (χ1) is 13.4. The first-order valence-corrected chi connectivity index (χ1v) is 8.12. The molecule has 28 heavy (non-hydrogen) atoms. The van der Waals surface area contributed by atoms with Gasteiger partial charge in [-0.25, -0.2) is 5.43 Å². The number of ether oxygens (including phenoxy) is 1. The number of amides is 1. The number of hydrazone groups is 1. The van der Waals surface area contributed by atoms with Gasteiger partial charge in [0.2, 0.25) is 0 Å². The molecule has 3 aromatic rings. The van der Waals surface area contributed by atoms with Gasteiger partial charge in [0, 0.05) is 11.1 Å². The van der Waals surface area contributed by atoms with Crippen LogP contribution >= 0.6 is 0 Å². The Kier molecular flexibility index (Phi) is 5.49. The molecule has 0 bridgehead atoms. The van der Waals surface area contributed by atoms with Gasteiger partial charge in [0.25, 0.3) is 5.91 Å². The molecule has 0 aliphatic rings. The van der Waals surface area contributed by atoms with Gasteiger partial charge in [0.1, 0.15) is 17.3 Å². The van der Waals surface area contributed by atoms with Crippen molar-refractivity contribution in [1.29, 1.82) is 0 Å². The van der Waals surface area contributed by atoms with Crippen molar-refractivity contribution in [3.8, 4) is 17.1 Å². The van der Waals surface area contributed by atoms with Crippen LogP contribution in [0.25, 0.3) is 11.3 Å². The maximum atomic E-state index is 12.8. The molecule has 0 atom stereocenters. The minimum Gasteiger partial charge on any atom is -0.497 e. The number of methoxy groups -OCH3 is 1. The molecule has 0 saturated heterocycles. The zero-order valence-corrected chi connectivity index (χ0v) is 14.7. The quantitative estimate of drug-likeness (QED) is 0.507. The molecule has 1 heterocycles. The van der Waals surface area contributed by atoms with E-state index in [0.29, 0.717) is 11.3 Å². The molecule has 0 saturated carbocycles. The predicted molar refractivity (Wildman–Crippen MR) is 97.2 cm³/mol. The number of hydrogen-bond acceptors (Lipinski definition) is 4. The molecule has 1 aromatic heterocycles. The highest BCUT2D eigenvalue weighted by molar-refractivity contribution is 5.94. The van der Waals surface area contributed by atoms with Crippen LogP contribution in [0.3, 0.4) is 0 Å². The van der Waals surface area contributed by atoms with Crippen LogP contribution in [-0.2, 0) is 6.18 Å². The molecule has 0 aliphatic carbocycles. The minimum absolute atomic E-state index is 0.258. The lowest BCUT2D eigenvalue weighted by Gasteiger charge is -2.07. The second-order valence-electron chi connectivity index (χ2n) is 5.71. The molecule has 3 rings (SSSR count). The molecule has 0 radical (unpaired) electrons. The van der Waals surface area contributed by atoms with E-state index in [1.807, 2.05) is 0 Å². The van der Waals surface area contributed by atoms with Crippen molar-refractivity contribution in [3.63, 3.8) is 0 Å². The van der Waals surface area contributed by atoms with Gasteiger partial charge in [0.05, 0.1) is 18.9 Å². The van der Waals surface area contributed by atoms with Gasteiger partial charge in [-0.05, 0) is 48.5 Å². The van der Waals surface area contributed by atoms with Crippen molar-refractivity contribution in [2.75, 3.05) is 7.11 Å². The average Bonchev–Trinajstić information content (AvgIpc) is 3.16. The fraction of sp³-hybridized carbons (Fsp3) is 0.100. The minimum atomic E-state index is -4.43. The van der Waals surface area contributed by atoms with Gasteiger partial charge < -0.3 is 9.15 Å². The number of halogens is 3. The Bertz CT molecular complexity index is 992. The first-order valence-electron chi connectivity index (χ1n) is 8.12. The van der Waals surface area contributed by atoms with Gasteiger partial charge in [-0.1, -0.05) is 12.1 Å². The average molecular weight is 388 g/mol. The zero-order chi connectivity index (χ0) is 20.1. The van der Waals surface area contributed by atoms with Crippen molar-refractivity contribution < 1.29 is 27.1 Å². The van der Waals surface area contributed by atoms with E-state index >= 15 is 0 Å². The number of benzene rings is 2. The van der Waals surface area contributed by atoms with E-state index in [-0.39, 0.29) is 17.1 Å². The van der Waals surface area contributed by atoms with Gasteiger partial charge in [-0.15, -0.1) is 0 Å². The SMILES string of the molecule is COc1ccc(C(=O)N/N=C/c2ccc(-c3cccc(C(F)(F)F)c3)o2)cc1. The number of nitrogens with one attached hydrogen (secondary N) is 1. The van der Waals surface area contributed by atoms with Gasteiger partial charge in [-0.3, -0.25) is 4.79 Å². The highest BCUT2D eigenvalue weighted by Crippen LogP contribution is 2.32. The molecule has 144 valence electrons. The largest absolute Gasteiger partial charge is 0.497 e. The van der Waals surface area contributed by atoms with Crippen LogP contribution in [0, 0.1) is 0 Å². The second kappa shape index (κ2) is 7.99. The maximum absolute atomic E-state index is 12.8. The molecule has 0 fully saturated rings. The van der Waals surface area contributed by atoms with Crippen molar-refractivity contribution in [2.24, 2.45) is 5.10 Å². The van der Waals surface area contributed by atoms with E-state index in [1.165, 1.54) is 31.5 Å². The smallest absolute Gasteiger partial charge is 0.416 e. The monoisotopic (exact) mass is 388 g/mol. The van der Waals surface area contributed by atoms with Crippen LogP contribution in [0.5, 0.6) is 5.75 Å². The lowest BCUT2D eigenvalue weighted by Crippen LogP contribution is -2.17. The Morgan fingerprint density at radius 2 is 1.86 bits per heavy atom. The van der Waals surface area contributed by atoms with Crippen molar-refractivity contribution in [3.05, 3.63) is 77.6 Å². The van der Waals surface area contributed by atoms with E-state index in [4.69, 9.17) is 9.15 Å². The fourth-order valence-electron chi connectivity index (χ4n) is 2.39. The lowest BCUT2D eigenvalue weighted by molar-refractivity contribution is -0.137. The normalized spacial score (nSPS) is 11.6. The number of rotatable bonds is 5. The van der Waals surface area contributed by atoms with Crippen molar-refractivity contribution >= 4 is 12.1 Å². The van der Waals surface area contributed by atoms with E-state index in [2.05, 4.69) is 10.5 Å².